The minimum Gasteiger partial charge on any atom is -0.748 e. The largest absolute Gasteiger partial charge is 0.748 e. The number of carbonyl (C=O) groups is 3. The summed E-state index contributed by atoms with van der Waals surface area (Å²) >= 11 is 0. The van der Waals surface area contributed by atoms with Crippen LogP contribution in [-0.4, -0.2) is 62.8 Å². The average Bonchev–Trinajstić information content (AvgIpc) is 2.61. The molecular weight excluding hydrogens is 450 g/mol. The van der Waals surface area contributed by atoms with Crippen molar-refractivity contribution < 1.29 is 35.8 Å². The monoisotopic (exact) mass is 482 g/mol. The zero-order chi connectivity index (χ0) is 24.5. The predicted molar refractivity (Wildman–Crippen MR) is 114 cm³/mol. The van der Waals surface area contributed by atoms with Gasteiger partial charge in [0.1, 0.15) is 0 Å². The first kappa shape index (κ1) is 29.0. The van der Waals surface area contributed by atoms with E-state index in [4.69, 9.17) is 0 Å². The van der Waals surface area contributed by atoms with Crippen molar-refractivity contribution in [1.82, 2.24) is 16.0 Å². The van der Waals surface area contributed by atoms with Crippen LogP contribution in [0.1, 0.15) is 47.0 Å². The van der Waals surface area contributed by atoms with E-state index in [1.165, 1.54) is 13.8 Å². The van der Waals surface area contributed by atoms with E-state index >= 15 is 0 Å². The van der Waals surface area contributed by atoms with Crippen LogP contribution in [0.4, 0.5) is 0 Å². The van der Waals surface area contributed by atoms with Crippen molar-refractivity contribution in [2.45, 2.75) is 52.5 Å². The van der Waals surface area contributed by atoms with E-state index in [1.54, 1.807) is 13.8 Å². The van der Waals surface area contributed by atoms with Crippen LogP contribution >= 0.6 is 0 Å². The minimum atomic E-state index is -4.53. The molecule has 0 spiro atoms. The van der Waals surface area contributed by atoms with Crippen LogP contribution in [0.15, 0.2) is 12.0 Å². The van der Waals surface area contributed by atoms with Gasteiger partial charge in [-0.05, 0) is 26.7 Å². The van der Waals surface area contributed by atoms with Crippen LogP contribution in [0, 0.1) is 11.8 Å². The molecule has 0 bridgehead atoms. The van der Waals surface area contributed by atoms with Gasteiger partial charge in [0, 0.05) is 29.2 Å². The molecule has 180 valence electrons. The minimum absolute atomic E-state index is 0.167. The van der Waals surface area contributed by atoms with E-state index in [2.05, 4.69) is 22.5 Å². The lowest BCUT2D eigenvalue weighted by molar-refractivity contribution is -0.128. The molecule has 11 nitrogen and oxygen atoms in total. The van der Waals surface area contributed by atoms with Gasteiger partial charge in [0.05, 0.1) is 28.3 Å². The summed E-state index contributed by atoms with van der Waals surface area (Å²) in [5, 5.41) is 8.17. The topological polar surface area (TPSA) is 179 Å². The summed E-state index contributed by atoms with van der Waals surface area (Å²) in [4.78, 5) is 36.3. The Balaban J connectivity index is 4.61. The van der Waals surface area contributed by atoms with Crippen molar-refractivity contribution in [2.24, 2.45) is 11.8 Å². The number of sulfone groups is 1. The van der Waals surface area contributed by atoms with Gasteiger partial charge in [-0.2, -0.15) is 0 Å². The van der Waals surface area contributed by atoms with Crippen LogP contribution in [0.25, 0.3) is 0 Å². The van der Waals surface area contributed by atoms with Crippen LogP contribution < -0.4 is 16.0 Å². The second kappa shape index (κ2) is 12.2. The number of amides is 3. The Morgan fingerprint density at radius 2 is 1.68 bits per heavy atom. The molecule has 0 fully saturated rings. The summed E-state index contributed by atoms with van der Waals surface area (Å²) in [6.45, 7) is 9.12. The highest BCUT2D eigenvalue weighted by Gasteiger charge is 2.28. The van der Waals surface area contributed by atoms with Gasteiger partial charge >= 0.3 is 0 Å². The molecule has 0 aromatic heterocycles. The van der Waals surface area contributed by atoms with Gasteiger partial charge < -0.3 is 20.5 Å². The molecule has 0 rings (SSSR count). The molecule has 0 heterocycles. The number of carbonyl (C=O) groups excluding carboxylic acids is 3. The molecule has 0 aromatic carbocycles. The Kier molecular flexibility index (Phi) is 11.4. The van der Waals surface area contributed by atoms with Crippen molar-refractivity contribution in [3.05, 3.63) is 12.0 Å². The predicted octanol–water partition coefficient (Wildman–Crippen LogP) is -0.383. The highest BCUT2D eigenvalue weighted by molar-refractivity contribution is 7.94. The molecular formula is C18H32N3O8S2-. The van der Waals surface area contributed by atoms with Gasteiger partial charge in [0.2, 0.25) is 17.7 Å². The lowest BCUT2D eigenvalue weighted by Crippen LogP contribution is -2.50. The van der Waals surface area contributed by atoms with Crippen LogP contribution in [0.3, 0.4) is 0 Å². The second-order valence-electron chi connectivity index (χ2n) is 7.92. The normalized spacial score (nSPS) is 14.2. The summed E-state index contributed by atoms with van der Waals surface area (Å²) in [7, 11) is -8.02. The molecule has 31 heavy (non-hydrogen) atoms. The van der Waals surface area contributed by atoms with Crippen molar-refractivity contribution in [1.29, 1.82) is 0 Å². The Morgan fingerprint density at radius 3 is 2.16 bits per heavy atom. The van der Waals surface area contributed by atoms with Gasteiger partial charge in [-0.3, -0.25) is 14.4 Å². The first-order chi connectivity index (χ1) is 14.0. The maximum absolute atomic E-state index is 12.3. The van der Waals surface area contributed by atoms with Crippen molar-refractivity contribution in [3.63, 3.8) is 0 Å². The first-order valence-electron chi connectivity index (χ1n) is 9.67. The van der Waals surface area contributed by atoms with E-state index in [-0.39, 0.29) is 25.3 Å². The summed E-state index contributed by atoms with van der Waals surface area (Å²) in [5.41, 5.74) is -1.25. The third-order valence-corrected chi connectivity index (χ3v) is 6.72. The van der Waals surface area contributed by atoms with Gasteiger partial charge in [-0.1, -0.05) is 20.4 Å². The third kappa shape index (κ3) is 13.1. The first-order valence-corrected chi connectivity index (χ1v) is 13.0. The summed E-state index contributed by atoms with van der Waals surface area (Å²) in [6, 6.07) is 0. The number of hydrogen-bond donors (Lipinski definition) is 3. The standard InChI is InChI=1S/C18H33N3O8S2/c1-6-14(10-13(3)16(23)21-18(4,5)11-31(27,28)29)17(24)20-12-19-15(22)8-9-30(25,26)7-2/h7,13-14H,2,6,8-12H2,1,3-5H3,(H,19,22)(H,20,24)(H,21,23)(H,27,28,29)/p-1. The molecule has 3 N–H and O–H groups in total. The lowest BCUT2D eigenvalue weighted by atomic mass is 9.91. The van der Waals surface area contributed by atoms with Crippen LogP contribution in [0.2, 0.25) is 0 Å². The molecule has 0 aliphatic carbocycles. The number of rotatable bonds is 14. The molecule has 0 aromatic rings. The highest BCUT2D eigenvalue weighted by atomic mass is 32.2. The summed E-state index contributed by atoms with van der Waals surface area (Å²) in [6.07, 6.45) is 0.306. The zero-order valence-corrected chi connectivity index (χ0v) is 19.9. The van der Waals surface area contributed by atoms with Crippen LogP contribution in [0.5, 0.6) is 0 Å². The maximum atomic E-state index is 12.3. The van der Waals surface area contributed by atoms with Crippen molar-refractivity contribution in [2.75, 3.05) is 18.2 Å². The van der Waals surface area contributed by atoms with Crippen LogP contribution in [-0.2, 0) is 34.3 Å². The van der Waals surface area contributed by atoms with Gasteiger partial charge in [0.15, 0.2) is 9.84 Å². The maximum Gasteiger partial charge on any atom is 0.224 e. The lowest BCUT2D eigenvalue weighted by Gasteiger charge is -2.29. The highest BCUT2D eigenvalue weighted by Crippen LogP contribution is 2.17. The Labute approximate surface area is 184 Å². The Bertz CT molecular complexity index is 866. The Morgan fingerprint density at radius 1 is 1.10 bits per heavy atom. The molecule has 3 amide bonds. The molecule has 13 heteroatoms. The quantitative estimate of drug-likeness (QED) is 0.221. The van der Waals surface area contributed by atoms with Gasteiger partial charge in [0.25, 0.3) is 0 Å². The molecule has 2 atom stereocenters. The van der Waals surface area contributed by atoms with Gasteiger partial charge in [-0.15, -0.1) is 0 Å². The number of nitrogens with one attached hydrogen (secondary N) is 3. The SMILES string of the molecule is C=CS(=O)(=O)CCC(=O)NCNC(=O)C(CC)CC(C)C(=O)NC(C)(C)CS(=O)(=O)[O-]. The number of hydrogen-bond acceptors (Lipinski definition) is 8. The molecule has 2 unspecified atom stereocenters. The van der Waals surface area contributed by atoms with Crippen molar-refractivity contribution >= 4 is 37.7 Å². The molecule has 0 radical (unpaired) electrons. The molecule has 0 saturated carbocycles. The summed E-state index contributed by atoms with van der Waals surface area (Å²) < 4.78 is 55.4. The van der Waals surface area contributed by atoms with E-state index in [9.17, 15) is 35.8 Å². The van der Waals surface area contributed by atoms with E-state index in [0.717, 1.165) is 5.41 Å². The smallest absolute Gasteiger partial charge is 0.224 e. The summed E-state index contributed by atoms with van der Waals surface area (Å²) in [5.74, 6) is -3.77. The van der Waals surface area contributed by atoms with E-state index in [0.29, 0.717) is 6.42 Å². The van der Waals surface area contributed by atoms with Crippen molar-refractivity contribution in [3.8, 4) is 0 Å². The van der Waals surface area contributed by atoms with E-state index < -0.39 is 60.8 Å². The third-order valence-electron chi connectivity index (χ3n) is 4.36. The average molecular weight is 483 g/mol. The zero-order valence-electron chi connectivity index (χ0n) is 18.3. The molecule has 0 aliphatic heterocycles. The fourth-order valence-corrected chi connectivity index (χ4v) is 4.30. The van der Waals surface area contributed by atoms with E-state index in [1.807, 2.05) is 0 Å². The molecule has 0 saturated heterocycles. The fraction of sp³-hybridized carbons (Fsp3) is 0.722. The second-order valence-corrected chi connectivity index (χ2v) is 11.4. The van der Waals surface area contributed by atoms with Gasteiger partial charge in [-0.25, -0.2) is 16.8 Å². The Hall–Kier alpha value is -1.99. The molecule has 0 aliphatic rings. The fourth-order valence-electron chi connectivity index (χ4n) is 2.71.